The van der Waals surface area contributed by atoms with Crippen molar-refractivity contribution in [3.8, 4) is 0 Å². The van der Waals surface area contributed by atoms with E-state index < -0.39 is 6.16 Å². The summed E-state index contributed by atoms with van der Waals surface area (Å²) in [5.41, 5.74) is 0. The zero-order chi connectivity index (χ0) is 10.4. The Bertz CT molecular complexity index is 179. The van der Waals surface area contributed by atoms with Crippen LogP contribution in [0.2, 0.25) is 0 Å². The first kappa shape index (κ1) is 11.3. The van der Waals surface area contributed by atoms with E-state index in [1.165, 1.54) is 7.11 Å². The number of carbonyl (C=O) groups is 1. The first-order valence-electron chi connectivity index (χ1n) is 5.14. The molecule has 0 aromatic rings. The zero-order valence-corrected chi connectivity index (χ0v) is 8.82. The molecule has 0 radical (unpaired) electrons. The Labute approximate surface area is 84.5 Å². The third kappa shape index (κ3) is 3.18. The van der Waals surface area contributed by atoms with Crippen molar-refractivity contribution < 1.29 is 19.0 Å². The molecule has 82 valence electrons. The second-order valence-electron chi connectivity index (χ2n) is 3.39. The summed E-state index contributed by atoms with van der Waals surface area (Å²) in [6, 6.07) is 0. The molecule has 0 aliphatic heterocycles. The lowest BCUT2D eigenvalue weighted by molar-refractivity contribution is -0.0745. The van der Waals surface area contributed by atoms with Crippen LogP contribution in [0.25, 0.3) is 0 Å². The van der Waals surface area contributed by atoms with Crippen LogP contribution in [0.3, 0.4) is 0 Å². The lowest BCUT2D eigenvalue weighted by Gasteiger charge is -2.30. The minimum absolute atomic E-state index is 0.0489. The molecule has 0 amide bonds. The van der Waals surface area contributed by atoms with Gasteiger partial charge in [0, 0.05) is 6.61 Å². The van der Waals surface area contributed by atoms with Crippen LogP contribution >= 0.6 is 0 Å². The van der Waals surface area contributed by atoms with Crippen LogP contribution in [-0.2, 0) is 14.2 Å². The molecule has 0 saturated heterocycles. The lowest BCUT2D eigenvalue weighted by Crippen LogP contribution is -2.36. The summed E-state index contributed by atoms with van der Waals surface area (Å²) >= 11 is 0. The van der Waals surface area contributed by atoms with Gasteiger partial charge < -0.3 is 14.2 Å². The summed E-state index contributed by atoms with van der Waals surface area (Å²) in [4.78, 5) is 10.9. The minimum atomic E-state index is -0.610. The van der Waals surface area contributed by atoms with E-state index in [0.29, 0.717) is 6.61 Å². The van der Waals surface area contributed by atoms with Crippen LogP contribution in [0.1, 0.15) is 32.6 Å². The fourth-order valence-electron chi connectivity index (χ4n) is 1.77. The van der Waals surface area contributed by atoms with Crippen molar-refractivity contribution in [3.05, 3.63) is 0 Å². The van der Waals surface area contributed by atoms with Gasteiger partial charge in [0.25, 0.3) is 0 Å². The molecule has 4 heteroatoms. The molecule has 1 aliphatic rings. The molecule has 1 rings (SSSR count). The third-order valence-corrected chi connectivity index (χ3v) is 2.44. The molecule has 0 bridgehead atoms. The molecule has 1 saturated carbocycles. The second kappa shape index (κ2) is 5.86. The maximum absolute atomic E-state index is 10.9. The summed E-state index contributed by atoms with van der Waals surface area (Å²) in [6.07, 6.45) is 3.39. The summed E-state index contributed by atoms with van der Waals surface area (Å²) in [6.45, 7) is 2.61. The fraction of sp³-hybridized carbons (Fsp3) is 0.900. The van der Waals surface area contributed by atoms with Gasteiger partial charge in [-0.25, -0.2) is 4.79 Å². The molecular formula is C10H18O4. The molecule has 0 aromatic heterocycles. The quantitative estimate of drug-likeness (QED) is 0.657. The average molecular weight is 202 g/mol. The number of hydrogen-bond acceptors (Lipinski definition) is 4. The highest BCUT2D eigenvalue weighted by Crippen LogP contribution is 2.24. The van der Waals surface area contributed by atoms with Gasteiger partial charge in [-0.2, -0.15) is 0 Å². The highest BCUT2D eigenvalue weighted by Gasteiger charge is 2.28. The second-order valence-corrected chi connectivity index (χ2v) is 3.39. The molecule has 0 N–H and O–H groups in total. The van der Waals surface area contributed by atoms with E-state index in [1.807, 2.05) is 6.92 Å². The van der Waals surface area contributed by atoms with E-state index in [9.17, 15) is 4.79 Å². The zero-order valence-electron chi connectivity index (χ0n) is 8.82. The van der Waals surface area contributed by atoms with E-state index in [-0.39, 0.29) is 12.2 Å². The van der Waals surface area contributed by atoms with Crippen molar-refractivity contribution >= 4 is 6.16 Å². The van der Waals surface area contributed by atoms with Gasteiger partial charge in [0.1, 0.15) is 6.10 Å². The molecule has 0 aromatic carbocycles. The molecule has 1 aliphatic carbocycles. The van der Waals surface area contributed by atoms with Crippen LogP contribution in [-0.4, -0.2) is 32.1 Å². The number of hydrogen-bond donors (Lipinski definition) is 0. The van der Waals surface area contributed by atoms with Gasteiger partial charge in [0.2, 0.25) is 0 Å². The maximum Gasteiger partial charge on any atom is 0.508 e. The highest BCUT2D eigenvalue weighted by atomic mass is 16.7. The highest BCUT2D eigenvalue weighted by molar-refractivity contribution is 5.59. The predicted octanol–water partition coefficient (Wildman–Crippen LogP) is 2.12. The molecule has 2 unspecified atom stereocenters. The van der Waals surface area contributed by atoms with Crippen LogP contribution in [0.15, 0.2) is 0 Å². The first-order valence-corrected chi connectivity index (χ1v) is 5.14. The largest absolute Gasteiger partial charge is 0.508 e. The molecule has 14 heavy (non-hydrogen) atoms. The Morgan fingerprint density at radius 1 is 1.29 bits per heavy atom. The smallest absolute Gasteiger partial charge is 0.438 e. The van der Waals surface area contributed by atoms with Gasteiger partial charge in [-0.1, -0.05) is 6.42 Å². The van der Waals surface area contributed by atoms with Gasteiger partial charge in [-0.3, -0.25) is 0 Å². The van der Waals surface area contributed by atoms with E-state index in [4.69, 9.17) is 9.47 Å². The van der Waals surface area contributed by atoms with Gasteiger partial charge in [0.05, 0.1) is 13.2 Å². The van der Waals surface area contributed by atoms with E-state index >= 15 is 0 Å². The van der Waals surface area contributed by atoms with Crippen LogP contribution in [0.4, 0.5) is 4.79 Å². The van der Waals surface area contributed by atoms with Gasteiger partial charge >= 0.3 is 6.16 Å². The van der Waals surface area contributed by atoms with Gasteiger partial charge in [-0.15, -0.1) is 0 Å². The van der Waals surface area contributed by atoms with Gasteiger partial charge in [0.15, 0.2) is 0 Å². The molecule has 4 nitrogen and oxygen atoms in total. The number of carbonyl (C=O) groups excluding carboxylic acids is 1. The molecule has 0 spiro atoms. The topological polar surface area (TPSA) is 44.8 Å². The van der Waals surface area contributed by atoms with E-state index in [2.05, 4.69) is 4.74 Å². The van der Waals surface area contributed by atoms with Crippen molar-refractivity contribution in [2.75, 3.05) is 13.7 Å². The predicted molar refractivity (Wildman–Crippen MR) is 51.2 cm³/mol. The third-order valence-electron chi connectivity index (χ3n) is 2.44. The Hall–Kier alpha value is -0.770. The summed E-state index contributed by atoms with van der Waals surface area (Å²) in [5, 5.41) is 0. The Balaban J connectivity index is 2.41. The molecule has 2 atom stereocenters. The number of rotatable bonds is 3. The van der Waals surface area contributed by atoms with Crippen LogP contribution in [0.5, 0.6) is 0 Å². The Morgan fingerprint density at radius 3 is 2.50 bits per heavy atom. The van der Waals surface area contributed by atoms with E-state index in [1.54, 1.807) is 0 Å². The average Bonchev–Trinajstić information content (AvgIpc) is 2.21. The fourth-order valence-corrected chi connectivity index (χ4v) is 1.77. The number of methoxy groups -OCH3 is 1. The van der Waals surface area contributed by atoms with Crippen molar-refractivity contribution in [2.45, 2.75) is 44.8 Å². The molecule has 0 heterocycles. The Kier molecular flexibility index (Phi) is 4.73. The van der Waals surface area contributed by atoms with Gasteiger partial charge in [-0.05, 0) is 26.2 Å². The molecule has 1 fully saturated rings. The first-order chi connectivity index (χ1) is 6.77. The van der Waals surface area contributed by atoms with Crippen molar-refractivity contribution in [3.63, 3.8) is 0 Å². The summed E-state index contributed by atoms with van der Waals surface area (Å²) < 4.78 is 15.1. The SMILES string of the molecule is CCOC1CCCCC1OC(=O)OC. The summed E-state index contributed by atoms with van der Waals surface area (Å²) in [5.74, 6) is 0. The van der Waals surface area contributed by atoms with Crippen molar-refractivity contribution in [1.29, 1.82) is 0 Å². The Morgan fingerprint density at radius 2 is 1.93 bits per heavy atom. The van der Waals surface area contributed by atoms with Crippen LogP contribution in [0, 0.1) is 0 Å². The monoisotopic (exact) mass is 202 g/mol. The lowest BCUT2D eigenvalue weighted by atomic mass is 9.94. The standard InChI is InChI=1S/C10H18O4/c1-3-13-8-6-4-5-7-9(8)14-10(11)12-2/h8-9H,3-7H2,1-2H3. The van der Waals surface area contributed by atoms with Crippen molar-refractivity contribution in [1.82, 2.24) is 0 Å². The maximum atomic E-state index is 10.9. The normalized spacial score (nSPS) is 27.0. The minimum Gasteiger partial charge on any atom is -0.438 e. The van der Waals surface area contributed by atoms with Crippen LogP contribution < -0.4 is 0 Å². The van der Waals surface area contributed by atoms with Crippen molar-refractivity contribution in [2.24, 2.45) is 0 Å². The number of ether oxygens (including phenoxy) is 3. The molecular weight excluding hydrogens is 184 g/mol. The van der Waals surface area contributed by atoms with E-state index in [0.717, 1.165) is 25.7 Å². The summed E-state index contributed by atoms with van der Waals surface area (Å²) in [7, 11) is 1.32.